The molecule has 0 aromatic heterocycles. The molecular formula is C16H18NO. The number of hydrogen-bond donors (Lipinski definition) is 1. The number of nitrogens with two attached hydrogens (primary N) is 1. The molecule has 2 aromatic carbocycles. The molecular weight excluding hydrogens is 222 g/mol. The van der Waals surface area contributed by atoms with E-state index in [2.05, 4.69) is 18.2 Å². The fraction of sp³-hybridized carbons (Fsp3) is 0.250. The van der Waals surface area contributed by atoms with Crippen LogP contribution in [0.15, 0.2) is 48.5 Å². The Bertz CT molecular complexity index is 481. The van der Waals surface area contributed by atoms with Crippen LogP contribution in [0, 0.1) is 6.07 Å². The zero-order chi connectivity index (χ0) is 12.8. The van der Waals surface area contributed by atoms with E-state index < -0.39 is 0 Å². The van der Waals surface area contributed by atoms with Crippen LogP contribution in [0.3, 0.4) is 0 Å². The smallest absolute Gasteiger partial charge is 0.122 e. The lowest BCUT2D eigenvalue weighted by Crippen LogP contribution is -2.11. The highest BCUT2D eigenvalue weighted by Gasteiger charge is 2.08. The molecule has 0 aliphatic carbocycles. The van der Waals surface area contributed by atoms with Crippen molar-refractivity contribution in [2.75, 3.05) is 7.11 Å². The minimum Gasteiger partial charge on any atom is -0.496 e. The van der Waals surface area contributed by atoms with Crippen LogP contribution in [0.1, 0.15) is 23.6 Å². The van der Waals surface area contributed by atoms with E-state index in [9.17, 15) is 0 Å². The van der Waals surface area contributed by atoms with Gasteiger partial charge in [-0.05, 0) is 42.2 Å². The maximum Gasteiger partial charge on any atom is 0.122 e. The summed E-state index contributed by atoms with van der Waals surface area (Å²) < 4.78 is 5.32. The molecule has 2 N–H and O–H groups in total. The summed E-state index contributed by atoms with van der Waals surface area (Å²) in [5.41, 5.74) is 8.52. The van der Waals surface area contributed by atoms with Crippen molar-refractivity contribution >= 4 is 0 Å². The first-order valence-electron chi connectivity index (χ1n) is 6.14. The van der Waals surface area contributed by atoms with Crippen molar-refractivity contribution in [3.05, 3.63) is 65.7 Å². The molecule has 0 fully saturated rings. The van der Waals surface area contributed by atoms with E-state index in [0.717, 1.165) is 24.2 Å². The van der Waals surface area contributed by atoms with Gasteiger partial charge in [-0.15, -0.1) is 0 Å². The molecule has 2 aromatic rings. The second kappa shape index (κ2) is 6.22. The molecule has 0 heterocycles. The highest BCUT2D eigenvalue weighted by Crippen LogP contribution is 2.22. The van der Waals surface area contributed by atoms with Crippen molar-refractivity contribution in [1.82, 2.24) is 0 Å². The molecule has 2 heteroatoms. The summed E-state index contributed by atoms with van der Waals surface area (Å²) in [5, 5.41) is 0. The molecule has 0 aliphatic heterocycles. The van der Waals surface area contributed by atoms with Crippen LogP contribution in [-0.2, 0) is 6.42 Å². The van der Waals surface area contributed by atoms with Crippen LogP contribution < -0.4 is 10.5 Å². The Balaban J connectivity index is 1.99. The zero-order valence-corrected chi connectivity index (χ0v) is 10.6. The Morgan fingerprint density at radius 1 is 1.22 bits per heavy atom. The van der Waals surface area contributed by atoms with Gasteiger partial charge in [0, 0.05) is 6.04 Å². The number of hydrogen-bond acceptors (Lipinski definition) is 2. The Kier molecular flexibility index (Phi) is 4.37. The Morgan fingerprint density at radius 2 is 2.00 bits per heavy atom. The maximum absolute atomic E-state index is 6.18. The monoisotopic (exact) mass is 240 g/mol. The molecule has 0 spiro atoms. The average Bonchev–Trinajstić information content (AvgIpc) is 2.46. The molecule has 1 radical (unpaired) electrons. The van der Waals surface area contributed by atoms with Crippen LogP contribution in [0.4, 0.5) is 0 Å². The summed E-state index contributed by atoms with van der Waals surface area (Å²) in [4.78, 5) is 0. The summed E-state index contributed by atoms with van der Waals surface area (Å²) in [6.45, 7) is 0. The summed E-state index contributed by atoms with van der Waals surface area (Å²) in [6.07, 6.45) is 1.80. The molecule has 0 saturated carbocycles. The van der Waals surface area contributed by atoms with E-state index in [1.165, 1.54) is 5.56 Å². The SMILES string of the molecule is COc1cc[c]cc1CCC(N)c1ccccc1. The summed E-state index contributed by atoms with van der Waals surface area (Å²) in [7, 11) is 1.69. The first-order chi connectivity index (χ1) is 8.81. The van der Waals surface area contributed by atoms with E-state index in [1.807, 2.05) is 36.4 Å². The number of ether oxygens (including phenoxy) is 1. The van der Waals surface area contributed by atoms with Crippen LogP contribution >= 0.6 is 0 Å². The number of benzene rings is 2. The predicted octanol–water partition coefficient (Wildman–Crippen LogP) is 3.13. The highest BCUT2D eigenvalue weighted by atomic mass is 16.5. The van der Waals surface area contributed by atoms with Gasteiger partial charge in [-0.3, -0.25) is 0 Å². The molecule has 1 unspecified atom stereocenters. The van der Waals surface area contributed by atoms with Gasteiger partial charge in [0.05, 0.1) is 7.11 Å². The standard InChI is InChI=1S/C16H18NO/c1-18-16-10-6-5-9-14(16)11-12-15(17)13-7-3-2-4-8-13/h2-4,6-10,15H,11-12,17H2,1H3. The van der Waals surface area contributed by atoms with E-state index in [0.29, 0.717) is 0 Å². The van der Waals surface area contributed by atoms with Crippen molar-refractivity contribution < 1.29 is 4.74 Å². The van der Waals surface area contributed by atoms with Gasteiger partial charge in [-0.2, -0.15) is 0 Å². The summed E-state index contributed by atoms with van der Waals surface area (Å²) in [5.74, 6) is 0.911. The lowest BCUT2D eigenvalue weighted by Gasteiger charge is -2.13. The number of methoxy groups -OCH3 is 1. The molecule has 0 aliphatic rings. The number of aryl methyl sites for hydroxylation is 1. The minimum absolute atomic E-state index is 0.0658. The van der Waals surface area contributed by atoms with Gasteiger partial charge in [0.1, 0.15) is 5.75 Å². The predicted molar refractivity (Wildman–Crippen MR) is 73.5 cm³/mol. The Labute approximate surface area is 108 Å². The number of rotatable bonds is 5. The van der Waals surface area contributed by atoms with Crippen LogP contribution in [-0.4, -0.2) is 7.11 Å². The van der Waals surface area contributed by atoms with E-state index >= 15 is 0 Å². The molecule has 2 nitrogen and oxygen atoms in total. The van der Waals surface area contributed by atoms with Crippen molar-refractivity contribution in [1.29, 1.82) is 0 Å². The van der Waals surface area contributed by atoms with E-state index in [-0.39, 0.29) is 6.04 Å². The fourth-order valence-corrected chi connectivity index (χ4v) is 2.02. The second-order valence-corrected chi connectivity index (χ2v) is 4.29. The third-order valence-corrected chi connectivity index (χ3v) is 3.08. The molecule has 18 heavy (non-hydrogen) atoms. The molecule has 0 amide bonds. The van der Waals surface area contributed by atoms with Crippen molar-refractivity contribution in [2.45, 2.75) is 18.9 Å². The van der Waals surface area contributed by atoms with Gasteiger partial charge in [-0.25, -0.2) is 0 Å². The zero-order valence-electron chi connectivity index (χ0n) is 10.6. The van der Waals surface area contributed by atoms with Gasteiger partial charge in [0.25, 0.3) is 0 Å². The first kappa shape index (κ1) is 12.7. The van der Waals surface area contributed by atoms with E-state index in [4.69, 9.17) is 10.5 Å². The molecule has 93 valence electrons. The normalized spacial score (nSPS) is 12.1. The average molecular weight is 240 g/mol. The lowest BCUT2D eigenvalue weighted by molar-refractivity contribution is 0.408. The van der Waals surface area contributed by atoms with Gasteiger partial charge < -0.3 is 10.5 Å². The van der Waals surface area contributed by atoms with Gasteiger partial charge in [0.2, 0.25) is 0 Å². The molecule has 0 saturated heterocycles. The summed E-state index contributed by atoms with van der Waals surface area (Å²) >= 11 is 0. The van der Waals surface area contributed by atoms with Crippen LogP contribution in [0.5, 0.6) is 5.75 Å². The molecule has 2 rings (SSSR count). The summed E-state index contributed by atoms with van der Waals surface area (Å²) in [6, 6.07) is 19.1. The third kappa shape index (κ3) is 3.11. The second-order valence-electron chi connectivity index (χ2n) is 4.29. The van der Waals surface area contributed by atoms with Gasteiger partial charge in [-0.1, -0.05) is 36.4 Å². The molecule has 0 bridgehead atoms. The largest absolute Gasteiger partial charge is 0.496 e. The van der Waals surface area contributed by atoms with Crippen molar-refractivity contribution in [2.24, 2.45) is 5.73 Å². The van der Waals surface area contributed by atoms with Gasteiger partial charge in [0.15, 0.2) is 0 Å². The maximum atomic E-state index is 6.18. The van der Waals surface area contributed by atoms with Gasteiger partial charge >= 0.3 is 0 Å². The first-order valence-corrected chi connectivity index (χ1v) is 6.14. The Morgan fingerprint density at radius 3 is 2.72 bits per heavy atom. The van der Waals surface area contributed by atoms with Crippen molar-refractivity contribution in [3.63, 3.8) is 0 Å². The topological polar surface area (TPSA) is 35.2 Å². The quantitative estimate of drug-likeness (QED) is 0.871. The highest BCUT2D eigenvalue weighted by molar-refractivity contribution is 5.33. The van der Waals surface area contributed by atoms with Crippen LogP contribution in [0.2, 0.25) is 0 Å². The molecule has 1 atom stereocenters. The minimum atomic E-state index is 0.0658. The Hall–Kier alpha value is -1.80. The van der Waals surface area contributed by atoms with E-state index in [1.54, 1.807) is 7.11 Å². The van der Waals surface area contributed by atoms with Crippen molar-refractivity contribution in [3.8, 4) is 5.75 Å². The third-order valence-electron chi connectivity index (χ3n) is 3.08. The lowest BCUT2D eigenvalue weighted by atomic mass is 9.99. The van der Waals surface area contributed by atoms with Crippen LogP contribution in [0.25, 0.3) is 0 Å². The fourth-order valence-electron chi connectivity index (χ4n) is 2.02.